The predicted octanol–water partition coefficient (Wildman–Crippen LogP) is 3.26. The number of carbonyl (C=O) groups is 2. The molecule has 7 nitrogen and oxygen atoms in total. The summed E-state index contributed by atoms with van der Waals surface area (Å²) in [6, 6.07) is 14.4. The maximum Gasteiger partial charge on any atom is 0.338 e. The molecule has 142 valence electrons. The van der Waals surface area contributed by atoms with E-state index in [4.69, 9.17) is 9.47 Å². The summed E-state index contributed by atoms with van der Waals surface area (Å²) >= 11 is 0. The van der Waals surface area contributed by atoms with Gasteiger partial charge in [0.1, 0.15) is 18.9 Å². The first-order chi connectivity index (χ1) is 13.7. The molecule has 0 saturated carbocycles. The van der Waals surface area contributed by atoms with Gasteiger partial charge in [-0.25, -0.2) is 4.79 Å². The predicted molar refractivity (Wildman–Crippen MR) is 103 cm³/mol. The fourth-order valence-electron chi connectivity index (χ4n) is 3.18. The molecular formula is C21H19N3O4. The van der Waals surface area contributed by atoms with E-state index in [0.29, 0.717) is 24.5 Å². The van der Waals surface area contributed by atoms with E-state index in [1.165, 1.54) is 0 Å². The van der Waals surface area contributed by atoms with Crippen LogP contribution in [-0.4, -0.2) is 28.3 Å². The van der Waals surface area contributed by atoms with Gasteiger partial charge in [-0.3, -0.25) is 9.48 Å². The fraction of sp³-hybridized carbons (Fsp3) is 0.190. The van der Waals surface area contributed by atoms with Gasteiger partial charge in [-0.2, -0.15) is 5.10 Å². The quantitative estimate of drug-likeness (QED) is 0.690. The lowest BCUT2D eigenvalue weighted by atomic mass is 10.0. The topological polar surface area (TPSA) is 82.5 Å². The van der Waals surface area contributed by atoms with Gasteiger partial charge in [0, 0.05) is 16.8 Å². The first-order valence-electron chi connectivity index (χ1n) is 8.99. The number of para-hydroxylation sites is 1. The normalized spacial score (nSPS) is 11.8. The molecule has 0 bridgehead atoms. The highest BCUT2D eigenvalue weighted by Gasteiger charge is 2.22. The summed E-state index contributed by atoms with van der Waals surface area (Å²) in [7, 11) is 0. The van der Waals surface area contributed by atoms with Gasteiger partial charge in [0.2, 0.25) is 5.91 Å². The molecule has 7 heteroatoms. The van der Waals surface area contributed by atoms with Crippen molar-refractivity contribution in [2.24, 2.45) is 0 Å². The van der Waals surface area contributed by atoms with E-state index in [9.17, 15) is 9.59 Å². The van der Waals surface area contributed by atoms with Gasteiger partial charge in [-0.15, -0.1) is 0 Å². The molecule has 1 aromatic heterocycles. The minimum atomic E-state index is -0.420. The molecule has 1 aliphatic rings. The van der Waals surface area contributed by atoms with Crippen LogP contribution in [0.3, 0.4) is 0 Å². The highest BCUT2D eigenvalue weighted by molar-refractivity contribution is 5.94. The van der Waals surface area contributed by atoms with Crippen LogP contribution >= 0.6 is 0 Å². The molecule has 1 aliphatic heterocycles. The van der Waals surface area contributed by atoms with Gasteiger partial charge in [0.25, 0.3) is 0 Å². The number of esters is 1. The minimum Gasteiger partial charge on any atom is -0.488 e. The Morgan fingerprint density at radius 2 is 2.07 bits per heavy atom. The lowest BCUT2D eigenvalue weighted by Crippen LogP contribution is -2.21. The summed E-state index contributed by atoms with van der Waals surface area (Å²) in [6.45, 7) is 2.52. The highest BCUT2D eigenvalue weighted by Crippen LogP contribution is 2.36. The second kappa shape index (κ2) is 7.56. The number of fused-ring (bicyclic) bond motifs is 3. The fourth-order valence-corrected chi connectivity index (χ4v) is 3.18. The van der Waals surface area contributed by atoms with Crippen molar-refractivity contribution >= 4 is 17.6 Å². The second-order valence-corrected chi connectivity index (χ2v) is 6.31. The van der Waals surface area contributed by atoms with Crippen LogP contribution in [0.4, 0.5) is 5.69 Å². The van der Waals surface area contributed by atoms with Crippen LogP contribution in [0, 0.1) is 0 Å². The third-order valence-electron chi connectivity index (χ3n) is 4.39. The third-order valence-corrected chi connectivity index (χ3v) is 4.39. The van der Waals surface area contributed by atoms with E-state index >= 15 is 0 Å². The number of hydrogen-bond acceptors (Lipinski definition) is 5. The van der Waals surface area contributed by atoms with Crippen LogP contribution in [0.5, 0.6) is 5.75 Å². The maximum atomic E-state index is 12.6. The molecule has 2 aromatic carbocycles. The van der Waals surface area contributed by atoms with E-state index in [2.05, 4.69) is 10.4 Å². The Bertz CT molecular complexity index is 1040. The monoisotopic (exact) mass is 377 g/mol. The lowest BCUT2D eigenvalue weighted by molar-refractivity contribution is -0.116. The molecule has 0 saturated heterocycles. The summed E-state index contributed by atoms with van der Waals surface area (Å²) in [6.07, 6.45) is 1.72. The molecule has 28 heavy (non-hydrogen) atoms. The smallest absolute Gasteiger partial charge is 0.338 e. The van der Waals surface area contributed by atoms with Crippen molar-refractivity contribution in [3.63, 3.8) is 0 Å². The molecule has 0 atom stereocenters. The average molecular weight is 377 g/mol. The molecule has 1 amide bonds. The number of anilines is 1. The van der Waals surface area contributed by atoms with E-state index in [1.54, 1.807) is 42.1 Å². The van der Waals surface area contributed by atoms with Crippen molar-refractivity contribution in [3.8, 4) is 17.0 Å². The third kappa shape index (κ3) is 3.46. The Balaban J connectivity index is 1.52. The summed E-state index contributed by atoms with van der Waals surface area (Å²) < 4.78 is 12.4. The van der Waals surface area contributed by atoms with Gasteiger partial charge >= 0.3 is 5.97 Å². The van der Waals surface area contributed by atoms with E-state index < -0.39 is 5.97 Å². The summed E-state index contributed by atoms with van der Waals surface area (Å²) in [5.41, 5.74) is 3.66. The molecule has 0 unspecified atom stereocenters. The molecule has 0 radical (unpaired) electrons. The molecule has 1 N–H and O–H groups in total. The van der Waals surface area contributed by atoms with Crippen LogP contribution in [0.25, 0.3) is 11.3 Å². The van der Waals surface area contributed by atoms with Crippen molar-refractivity contribution < 1.29 is 19.1 Å². The van der Waals surface area contributed by atoms with Gasteiger partial charge in [0.15, 0.2) is 0 Å². The average Bonchev–Trinajstić information content (AvgIpc) is 3.11. The van der Waals surface area contributed by atoms with Gasteiger partial charge in [-0.1, -0.05) is 18.2 Å². The highest BCUT2D eigenvalue weighted by atomic mass is 16.5. The standard InChI is InChI=1S/C21H19N3O4/c1-2-27-21(26)14-6-5-7-16(10-14)23-19(25)12-24-20-15(11-22-24)13-28-18-9-4-3-8-17(18)20/h3-11H,2,12-13H2,1H3,(H,23,25). The molecule has 3 aromatic rings. The zero-order valence-corrected chi connectivity index (χ0v) is 15.3. The number of hydrogen-bond donors (Lipinski definition) is 1. The maximum absolute atomic E-state index is 12.6. The number of rotatable bonds is 5. The largest absolute Gasteiger partial charge is 0.488 e. The van der Waals surface area contributed by atoms with Crippen LogP contribution < -0.4 is 10.1 Å². The van der Waals surface area contributed by atoms with Crippen molar-refractivity contribution in [1.82, 2.24) is 9.78 Å². The van der Waals surface area contributed by atoms with Crippen LogP contribution in [-0.2, 0) is 22.7 Å². The number of carbonyl (C=O) groups excluding carboxylic acids is 2. The van der Waals surface area contributed by atoms with E-state index in [0.717, 1.165) is 22.6 Å². The summed E-state index contributed by atoms with van der Waals surface area (Å²) in [4.78, 5) is 24.4. The molecule has 0 aliphatic carbocycles. The van der Waals surface area contributed by atoms with Crippen LogP contribution in [0.2, 0.25) is 0 Å². The Labute approximate surface area is 161 Å². The minimum absolute atomic E-state index is 0.0489. The SMILES string of the molecule is CCOC(=O)c1cccc(NC(=O)Cn2ncc3c2-c2ccccc2OC3)c1. The Kier molecular flexibility index (Phi) is 4.80. The van der Waals surface area contributed by atoms with Crippen LogP contribution in [0.1, 0.15) is 22.8 Å². The zero-order chi connectivity index (χ0) is 19.5. The van der Waals surface area contributed by atoms with Crippen molar-refractivity contribution in [2.45, 2.75) is 20.1 Å². The molecule has 4 rings (SSSR count). The molecular weight excluding hydrogens is 358 g/mol. The molecule has 2 heterocycles. The van der Waals surface area contributed by atoms with Gasteiger partial charge < -0.3 is 14.8 Å². The summed E-state index contributed by atoms with van der Waals surface area (Å²) in [5, 5.41) is 7.16. The number of nitrogens with one attached hydrogen (secondary N) is 1. The van der Waals surface area contributed by atoms with Gasteiger partial charge in [-0.05, 0) is 37.3 Å². The van der Waals surface area contributed by atoms with Gasteiger partial charge in [0.05, 0.1) is 24.1 Å². The first kappa shape index (κ1) is 17.8. The van der Waals surface area contributed by atoms with Crippen LogP contribution in [0.15, 0.2) is 54.7 Å². The Morgan fingerprint density at radius 3 is 2.93 bits per heavy atom. The van der Waals surface area contributed by atoms with E-state index in [-0.39, 0.29) is 12.5 Å². The number of ether oxygens (including phenoxy) is 2. The zero-order valence-electron chi connectivity index (χ0n) is 15.3. The van der Waals surface area contributed by atoms with Crippen molar-refractivity contribution in [2.75, 3.05) is 11.9 Å². The molecule has 0 fully saturated rings. The first-order valence-corrected chi connectivity index (χ1v) is 8.99. The number of benzene rings is 2. The second-order valence-electron chi connectivity index (χ2n) is 6.31. The lowest BCUT2D eigenvalue weighted by Gasteiger charge is -2.19. The number of nitrogens with zero attached hydrogens (tertiary/aromatic N) is 2. The number of aromatic nitrogens is 2. The van der Waals surface area contributed by atoms with E-state index in [1.807, 2.05) is 24.3 Å². The summed E-state index contributed by atoms with van der Waals surface area (Å²) in [5.74, 6) is 0.117. The number of amides is 1. The molecule has 0 spiro atoms. The van der Waals surface area contributed by atoms with Crippen molar-refractivity contribution in [3.05, 3.63) is 65.9 Å². The Morgan fingerprint density at radius 1 is 1.21 bits per heavy atom. The van der Waals surface area contributed by atoms with Crippen molar-refractivity contribution in [1.29, 1.82) is 0 Å². The Hall–Kier alpha value is -3.61.